The molecule has 3 rings (SSSR count). The van der Waals surface area contributed by atoms with Crippen molar-refractivity contribution >= 4 is 11.6 Å². The van der Waals surface area contributed by atoms with Gasteiger partial charge < -0.3 is 9.64 Å². The first-order valence-corrected chi connectivity index (χ1v) is 8.90. The van der Waals surface area contributed by atoms with Crippen molar-refractivity contribution in [3.8, 4) is 0 Å². The fourth-order valence-corrected chi connectivity index (χ4v) is 3.87. The summed E-state index contributed by atoms with van der Waals surface area (Å²) in [5, 5.41) is 0.841. The molecule has 0 aromatic heterocycles. The Morgan fingerprint density at radius 3 is 2.59 bits per heavy atom. The smallest absolute Gasteiger partial charge is 0.0480 e. The van der Waals surface area contributed by atoms with Gasteiger partial charge in [-0.1, -0.05) is 30.7 Å². The molecule has 2 saturated heterocycles. The minimum atomic E-state index is 0.535. The number of halogens is 1. The van der Waals surface area contributed by atoms with E-state index in [9.17, 15) is 0 Å². The van der Waals surface area contributed by atoms with Crippen LogP contribution in [0.4, 0.5) is 0 Å². The van der Waals surface area contributed by atoms with Gasteiger partial charge in [0.05, 0.1) is 0 Å². The minimum Gasteiger partial charge on any atom is -0.381 e. The van der Waals surface area contributed by atoms with Gasteiger partial charge in [-0.3, -0.25) is 4.90 Å². The number of nitrogens with zero attached hydrogens (tertiary/aromatic N) is 2. The monoisotopic (exact) mass is 322 g/mol. The maximum atomic E-state index is 6.11. The van der Waals surface area contributed by atoms with Crippen LogP contribution in [0.25, 0.3) is 0 Å². The van der Waals surface area contributed by atoms with Crippen LogP contribution in [0.15, 0.2) is 24.3 Å². The van der Waals surface area contributed by atoms with Crippen LogP contribution in [0.3, 0.4) is 0 Å². The molecule has 22 heavy (non-hydrogen) atoms. The number of benzene rings is 1. The van der Waals surface area contributed by atoms with Crippen molar-refractivity contribution in [3.63, 3.8) is 0 Å². The van der Waals surface area contributed by atoms with Crippen LogP contribution in [0, 0.1) is 0 Å². The van der Waals surface area contributed by atoms with E-state index >= 15 is 0 Å². The van der Waals surface area contributed by atoms with Gasteiger partial charge in [0.15, 0.2) is 0 Å². The molecule has 3 nitrogen and oxygen atoms in total. The van der Waals surface area contributed by atoms with Gasteiger partial charge in [0, 0.05) is 57.0 Å². The van der Waals surface area contributed by atoms with E-state index in [4.69, 9.17) is 16.3 Å². The molecular weight excluding hydrogens is 296 g/mol. The Morgan fingerprint density at radius 2 is 1.91 bits per heavy atom. The number of ether oxygens (including phenoxy) is 1. The van der Waals surface area contributed by atoms with E-state index in [1.54, 1.807) is 0 Å². The second-order valence-electron chi connectivity index (χ2n) is 6.64. The van der Waals surface area contributed by atoms with E-state index in [-0.39, 0.29) is 0 Å². The molecule has 2 aliphatic heterocycles. The first kappa shape index (κ1) is 16.3. The molecule has 0 aliphatic carbocycles. The molecule has 4 heteroatoms. The van der Waals surface area contributed by atoms with Crippen molar-refractivity contribution < 1.29 is 4.74 Å². The molecule has 1 atom stereocenters. The zero-order valence-corrected chi connectivity index (χ0v) is 14.3. The van der Waals surface area contributed by atoms with Crippen LogP contribution in [-0.2, 0) is 4.74 Å². The fourth-order valence-electron chi connectivity index (χ4n) is 3.67. The molecular formula is C18H27ClN2O. The predicted octanol–water partition coefficient (Wildman–Crippen LogP) is 3.24. The molecule has 0 amide bonds. The lowest BCUT2D eigenvalue weighted by Gasteiger charge is -2.41. The second kappa shape index (κ2) is 7.78. The van der Waals surface area contributed by atoms with Crippen molar-refractivity contribution in [2.45, 2.75) is 31.7 Å². The summed E-state index contributed by atoms with van der Waals surface area (Å²) in [6.45, 7) is 10.1. The SMILES string of the molecule is C[C@@H](CN1CCN(C2CCOCC2)CC1)c1cccc(Cl)c1. The summed E-state index contributed by atoms with van der Waals surface area (Å²) in [6.07, 6.45) is 2.41. The van der Waals surface area contributed by atoms with Gasteiger partial charge in [0.2, 0.25) is 0 Å². The molecule has 2 fully saturated rings. The summed E-state index contributed by atoms with van der Waals surface area (Å²) in [4.78, 5) is 5.27. The predicted molar refractivity (Wildman–Crippen MR) is 91.7 cm³/mol. The third kappa shape index (κ3) is 4.23. The summed E-state index contributed by atoms with van der Waals surface area (Å²) in [5.74, 6) is 0.535. The van der Waals surface area contributed by atoms with Crippen LogP contribution in [0.1, 0.15) is 31.2 Å². The van der Waals surface area contributed by atoms with E-state index in [0.717, 1.165) is 30.8 Å². The van der Waals surface area contributed by atoms with Crippen LogP contribution in [-0.4, -0.2) is 61.8 Å². The Balaban J connectivity index is 1.47. The average molecular weight is 323 g/mol. The van der Waals surface area contributed by atoms with Gasteiger partial charge in [-0.15, -0.1) is 0 Å². The zero-order valence-electron chi connectivity index (χ0n) is 13.5. The topological polar surface area (TPSA) is 15.7 Å². The van der Waals surface area contributed by atoms with Crippen LogP contribution >= 0.6 is 11.6 Å². The molecule has 1 aromatic rings. The summed E-state index contributed by atoms with van der Waals surface area (Å²) >= 11 is 6.11. The van der Waals surface area contributed by atoms with Gasteiger partial charge in [-0.2, -0.15) is 0 Å². The molecule has 0 radical (unpaired) electrons. The molecule has 2 aliphatic rings. The van der Waals surface area contributed by atoms with Gasteiger partial charge in [-0.05, 0) is 36.5 Å². The number of rotatable bonds is 4. The van der Waals surface area contributed by atoms with Gasteiger partial charge >= 0.3 is 0 Å². The highest BCUT2D eigenvalue weighted by Crippen LogP contribution is 2.22. The van der Waals surface area contributed by atoms with Crippen molar-refractivity contribution in [2.24, 2.45) is 0 Å². The maximum Gasteiger partial charge on any atom is 0.0480 e. The lowest BCUT2D eigenvalue weighted by atomic mass is 10.00. The van der Waals surface area contributed by atoms with Crippen molar-refractivity contribution in [1.82, 2.24) is 9.80 Å². The van der Waals surface area contributed by atoms with E-state index in [1.165, 1.54) is 44.6 Å². The Hall–Kier alpha value is -0.610. The van der Waals surface area contributed by atoms with Crippen LogP contribution in [0.2, 0.25) is 5.02 Å². The molecule has 1 aromatic carbocycles. The van der Waals surface area contributed by atoms with Crippen molar-refractivity contribution in [1.29, 1.82) is 0 Å². The molecule has 122 valence electrons. The number of hydrogen-bond acceptors (Lipinski definition) is 3. The van der Waals surface area contributed by atoms with E-state index < -0.39 is 0 Å². The largest absolute Gasteiger partial charge is 0.381 e. The number of piperazine rings is 1. The lowest BCUT2D eigenvalue weighted by Crippen LogP contribution is -2.52. The first-order valence-electron chi connectivity index (χ1n) is 8.52. The Kier molecular flexibility index (Phi) is 5.75. The Labute approximate surface area is 139 Å². The molecule has 2 heterocycles. The van der Waals surface area contributed by atoms with E-state index in [0.29, 0.717) is 5.92 Å². The molecule has 0 spiro atoms. The highest BCUT2D eigenvalue weighted by molar-refractivity contribution is 6.30. The minimum absolute atomic E-state index is 0.535. The van der Waals surface area contributed by atoms with Gasteiger partial charge in [0.25, 0.3) is 0 Å². The number of hydrogen-bond donors (Lipinski definition) is 0. The van der Waals surface area contributed by atoms with Gasteiger partial charge in [0.1, 0.15) is 0 Å². The lowest BCUT2D eigenvalue weighted by molar-refractivity contribution is 0.0132. The highest BCUT2D eigenvalue weighted by Gasteiger charge is 2.26. The molecule has 0 bridgehead atoms. The third-order valence-electron chi connectivity index (χ3n) is 5.06. The standard InChI is InChI=1S/C18H27ClN2O/c1-15(16-3-2-4-17(19)13-16)14-20-7-9-21(10-8-20)18-5-11-22-12-6-18/h2-4,13,15,18H,5-12,14H2,1H3/t15-/m0/s1. The fraction of sp³-hybridized carbons (Fsp3) is 0.667. The summed E-state index contributed by atoms with van der Waals surface area (Å²) in [6, 6.07) is 9.04. The summed E-state index contributed by atoms with van der Waals surface area (Å²) < 4.78 is 5.48. The average Bonchev–Trinajstić information content (AvgIpc) is 2.56. The summed E-state index contributed by atoms with van der Waals surface area (Å²) in [5.41, 5.74) is 1.35. The normalized spacial score (nSPS) is 23.5. The molecule has 0 saturated carbocycles. The van der Waals surface area contributed by atoms with Crippen molar-refractivity contribution in [2.75, 3.05) is 45.9 Å². The molecule has 0 unspecified atom stereocenters. The summed E-state index contributed by atoms with van der Waals surface area (Å²) in [7, 11) is 0. The third-order valence-corrected chi connectivity index (χ3v) is 5.30. The van der Waals surface area contributed by atoms with Crippen molar-refractivity contribution in [3.05, 3.63) is 34.9 Å². The Bertz CT molecular complexity index is 468. The zero-order chi connectivity index (χ0) is 15.4. The van der Waals surface area contributed by atoms with Crippen LogP contribution < -0.4 is 0 Å². The van der Waals surface area contributed by atoms with E-state index in [1.807, 2.05) is 6.07 Å². The maximum absolute atomic E-state index is 6.11. The highest BCUT2D eigenvalue weighted by atomic mass is 35.5. The Morgan fingerprint density at radius 1 is 1.18 bits per heavy atom. The van der Waals surface area contributed by atoms with E-state index in [2.05, 4.69) is 34.9 Å². The first-order chi connectivity index (χ1) is 10.7. The van der Waals surface area contributed by atoms with Crippen LogP contribution in [0.5, 0.6) is 0 Å². The second-order valence-corrected chi connectivity index (χ2v) is 7.07. The quantitative estimate of drug-likeness (QED) is 0.846. The molecule has 0 N–H and O–H groups in total. The van der Waals surface area contributed by atoms with Gasteiger partial charge in [-0.25, -0.2) is 0 Å².